The molecule has 1 aliphatic heterocycles. The third kappa shape index (κ3) is 4.82. The number of pyridine rings is 1. The number of carbonyl (C=O) groups is 1. The highest BCUT2D eigenvalue weighted by molar-refractivity contribution is 5.95. The normalized spacial score (nSPS) is 17.1. The number of amides is 1. The van der Waals surface area contributed by atoms with E-state index >= 15 is 0 Å². The van der Waals surface area contributed by atoms with Crippen LogP contribution in [0.1, 0.15) is 47.3 Å². The van der Waals surface area contributed by atoms with Crippen LogP contribution in [0.2, 0.25) is 0 Å². The standard InChI is InChI=1S/C26H31FN6O/c1-16-10-24(27)23(26(34)31-19-4-5-19)12-25(16)33-15-18(13-29-33)22-11-21(14-28-17(22)2)30-20-6-8-32(3)9-7-20/h10-15,19-20,30H,4-9H2,1-3H3,(H,31,34). The number of halogens is 1. The van der Waals surface area contributed by atoms with Gasteiger partial charge in [-0.25, -0.2) is 9.07 Å². The Morgan fingerprint density at radius 2 is 1.82 bits per heavy atom. The highest BCUT2D eigenvalue weighted by atomic mass is 19.1. The molecule has 1 saturated carbocycles. The molecule has 34 heavy (non-hydrogen) atoms. The zero-order valence-electron chi connectivity index (χ0n) is 19.9. The Morgan fingerprint density at radius 3 is 2.56 bits per heavy atom. The molecule has 2 fully saturated rings. The third-order valence-electron chi connectivity index (χ3n) is 6.76. The van der Waals surface area contributed by atoms with Crippen LogP contribution < -0.4 is 10.6 Å². The van der Waals surface area contributed by atoms with Crippen molar-refractivity contribution in [3.63, 3.8) is 0 Å². The number of likely N-dealkylation sites (tertiary alicyclic amines) is 1. The quantitative estimate of drug-likeness (QED) is 0.577. The average molecular weight is 463 g/mol. The van der Waals surface area contributed by atoms with Crippen LogP contribution in [-0.4, -0.2) is 57.8 Å². The van der Waals surface area contributed by atoms with Crippen LogP contribution in [0.25, 0.3) is 16.8 Å². The zero-order chi connectivity index (χ0) is 23.8. The summed E-state index contributed by atoms with van der Waals surface area (Å²) in [5, 5.41) is 11.0. The van der Waals surface area contributed by atoms with E-state index in [2.05, 4.69) is 38.7 Å². The lowest BCUT2D eigenvalue weighted by Gasteiger charge is -2.30. The van der Waals surface area contributed by atoms with Gasteiger partial charge in [0.15, 0.2) is 0 Å². The average Bonchev–Trinajstić information content (AvgIpc) is 3.49. The number of nitrogens with one attached hydrogen (secondary N) is 2. The van der Waals surface area contributed by atoms with E-state index < -0.39 is 5.82 Å². The van der Waals surface area contributed by atoms with Crippen molar-refractivity contribution >= 4 is 11.6 Å². The van der Waals surface area contributed by atoms with Gasteiger partial charge >= 0.3 is 0 Å². The number of carbonyl (C=O) groups excluding carboxylic acids is 1. The SMILES string of the molecule is Cc1cc(F)c(C(=O)NC2CC2)cc1-n1cc(-c2cc(NC3CCN(C)CC3)cnc2C)cn1. The Hall–Kier alpha value is -3.26. The minimum atomic E-state index is -0.514. The Kier molecular flexibility index (Phi) is 6.08. The number of anilines is 1. The molecule has 3 heterocycles. The van der Waals surface area contributed by atoms with Gasteiger partial charge in [0.25, 0.3) is 5.91 Å². The van der Waals surface area contributed by atoms with E-state index in [1.807, 2.05) is 26.2 Å². The number of aromatic nitrogens is 3. The van der Waals surface area contributed by atoms with Crippen molar-refractivity contribution < 1.29 is 9.18 Å². The summed E-state index contributed by atoms with van der Waals surface area (Å²) in [6, 6.07) is 5.71. The van der Waals surface area contributed by atoms with E-state index in [4.69, 9.17) is 0 Å². The van der Waals surface area contributed by atoms with E-state index in [1.165, 1.54) is 6.07 Å². The van der Waals surface area contributed by atoms with Gasteiger partial charge in [0.05, 0.1) is 29.3 Å². The van der Waals surface area contributed by atoms with Crippen molar-refractivity contribution in [2.24, 2.45) is 0 Å². The van der Waals surface area contributed by atoms with Crippen molar-refractivity contribution in [3.8, 4) is 16.8 Å². The molecule has 1 aromatic carbocycles. The first-order chi connectivity index (χ1) is 16.4. The predicted molar refractivity (Wildman–Crippen MR) is 131 cm³/mol. The van der Waals surface area contributed by atoms with E-state index in [0.717, 1.165) is 61.3 Å². The Morgan fingerprint density at radius 1 is 1.06 bits per heavy atom. The summed E-state index contributed by atoms with van der Waals surface area (Å²) in [7, 11) is 2.16. The van der Waals surface area contributed by atoms with Crippen LogP contribution in [0.15, 0.2) is 36.8 Å². The number of hydrogen-bond donors (Lipinski definition) is 2. The maximum atomic E-state index is 14.5. The van der Waals surface area contributed by atoms with Gasteiger partial charge in [-0.05, 0) is 83.4 Å². The fourth-order valence-electron chi connectivity index (χ4n) is 4.46. The molecule has 2 aromatic heterocycles. The second-order valence-electron chi connectivity index (χ2n) is 9.62. The number of aryl methyl sites for hydroxylation is 2. The van der Waals surface area contributed by atoms with Crippen molar-refractivity contribution in [2.45, 2.75) is 51.6 Å². The number of nitrogens with zero attached hydrogens (tertiary/aromatic N) is 4. The summed E-state index contributed by atoms with van der Waals surface area (Å²) in [5.41, 5.74) is 5.27. The Labute approximate surface area is 199 Å². The molecule has 0 bridgehead atoms. The first-order valence-corrected chi connectivity index (χ1v) is 12.0. The molecule has 2 aliphatic rings. The first kappa shape index (κ1) is 22.5. The fraction of sp³-hybridized carbons (Fsp3) is 0.423. The maximum Gasteiger partial charge on any atom is 0.254 e. The van der Waals surface area contributed by atoms with E-state index in [1.54, 1.807) is 16.9 Å². The van der Waals surface area contributed by atoms with Crippen LogP contribution in [0.3, 0.4) is 0 Å². The third-order valence-corrected chi connectivity index (χ3v) is 6.76. The van der Waals surface area contributed by atoms with Gasteiger partial charge in [0, 0.05) is 35.1 Å². The summed E-state index contributed by atoms with van der Waals surface area (Å²) >= 11 is 0. The number of benzene rings is 1. The minimum Gasteiger partial charge on any atom is -0.381 e. The molecule has 2 N–H and O–H groups in total. The smallest absolute Gasteiger partial charge is 0.254 e. The number of hydrogen-bond acceptors (Lipinski definition) is 5. The van der Waals surface area contributed by atoms with Crippen LogP contribution >= 0.6 is 0 Å². The predicted octanol–water partition coefficient (Wildman–Crippen LogP) is 4.09. The van der Waals surface area contributed by atoms with Crippen molar-refractivity contribution in [1.82, 2.24) is 25.0 Å². The molecule has 3 aromatic rings. The fourth-order valence-corrected chi connectivity index (χ4v) is 4.46. The molecule has 1 saturated heterocycles. The molecular weight excluding hydrogens is 431 g/mol. The van der Waals surface area contributed by atoms with Gasteiger partial charge in [0.2, 0.25) is 0 Å². The number of piperidine rings is 1. The van der Waals surface area contributed by atoms with Gasteiger partial charge in [-0.1, -0.05) is 0 Å². The zero-order valence-corrected chi connectivity index (χ0v) is 19.9. The minimum absolute atomic E-state index is 0.0479. The summed E-state index contributed by atoms with van der Waals surface area (Å²) in [4.78, 5) is 19.5. The lowest BCUT2D eigenvalue weighted by atomic mass is 10.0. The monoisotopic (exact) mass is 462 g/mol. The summed E-state index contributed by atoms with van der Waals surface area (Å²) < 4.78 is 16.2. The lowest BCUT2D eigenvalue weighted by Crippen LogP contribution is -2.36. The molecule has 8 heteroatoms. The van der Waals surface area contributed by atoms with E-state index in [-0.39, 0.29) is 17.5 Å². The summed E-state index contributed by atoms with van der Waals surface area (Å²) in [5.74, 6) is -0.888. The molecule has 0 atom stereocenters. The van der Waals surface area contributed by atoms with Crippen LogP contribution in [-0.2, 0) is 0 Å². The van der Waals surface area contributed by atoms with Crippen LogP contribution in [0, 0.1) is 19.7 Å². The molecule has 1 aliphatic carbocycles. The highest BCUT2D eigenvalue weighted by Gasteiger charge is 2.26. The van der Waals surface area contributed by atoms with Gasteiger partial charge in [-0.2, -0.15) is 5.10 Å². The summed E-state index contributed by atoms with van der Waals surface area (Å²) in [6.45, 7) is 5.99. The highest BCUT2D eigenvalue weighted by Crippen LogP contribution is 2.28. The molecule has 7 nitrogen and oxygen atoms in total. The maximum absolute atomic E-state index is 14.5. The molecule has 1 amide bonds. The largest absolute Gasteiger partial charge is 0.381 e. The lowest BCUT2D eigenvalue weighted by molar-refractivity contribution is 0.0947. The van der Waals surface area contributed by atoms with Gasteiger partial charge in [-0.3, -0.25) is 9.78 Å². The molecule has 0 radical (unpaired) electrons. The van der Waals surface area contributed by atoms with Crippen molar-refractivity contribution in [3.05, 3.63) is 59.4 Å². The van der Waals surface area contributed by atoms with E-state index in [0.29, 0.717) is 17.3 Å². The second kappa shape index (κ2) is 9.18. The first-order valence-electron chi connectivity index (χ1n) is 12.0. The van der Waals surface area contributed by atoms with Crippen LogP contribution in [0.4, 0.5) is 10.1 Å². The van der Waals surface area contributed by atoms with Gasteiger partial charge in [0.1, 0.15) is 5.82 Å². The Balaban J connectivity index is 1.40. The molecule has 0 unspecified atom stereocenters. The van der Waals surface area contributed by atoms with Crippen molar-refractivity contribution in [2.75, 3.05) is 25.5 Å². The molecule has 5 rings (SSSR count). The molecule has 0 spiro atoms. The second-order valence-corrected chi connectivity index (χ2v) is 9.62. The number of rotatable bonds is 6. The Bertz CT molecular complexity index is 1210. The molecule has 178 valence electrons. The van der Waals surface area contributed by atoms with Crippen LogP contribution in [0.5, 0.6) is 0 Å². The summed E-state index contributed by atoms with van der Waals surface area (Å²) in [6.07, 6.45) is 9.70. The van der Waals surface area contributed by atoms with E-state index in [9.17, 15) is 9.18 Å². The van der Waals surface area contributed by atoms with Gasteiger partial charge in [-0.15, -0.1) is 0 Å². The van der Waals surface area contributed by atoms with Crippen molar-refractivity contribution in [1.29, 1.82) is 0 Å². The topological polar surface area (TPSA) is 75.1 Å². The van der Waals surface area contributed by atoms with Gasteiger partial charge < -0.3 is 15.5 Å². The molecular formula is C26H31FN6O.